The molecule has 0 fully saturated rings. The van der Waals surface area contributed by atoms with Gasteiger partial charge in [0.25, 0.3) is 0 Å². The van der Waals surface area contributed by atoms with Gasteiger partial charge in [-0.25, -0.2) is 24.7 Å². The highest BCUT2D eigenvalue weighted by Crippen LogP contribution is 2.29. The summed E-state index contributed by atoms with van der Waals surface area (Å²) in [5.74, 6) is 0.609. The summed E-state index contributed by atoms with van der Waals surface area (Å²) in [6.07, 6.45) is 7.42. The Morgan fingerprint density at radius 3 is 2.80 bits per heavy atom. The lowest BCUT2D eigenvalue weighted by Crippen LogP contribution is -2.32. The lowest BCUT2D eigenvalue weighted by atomic mass is 10.1. The highest BCUT2D eigenvalue weighted by molar-refractivity contribution is 6.37. The zero-order valence-electron chi connectivity index (χ0n) is 15.7. The van der Waals surface area contributed by atoms with Gasteiger partial charge in [0.05, 0.1) is 21.8 Å². The van der Waals surface area contributed by atoms with E-state index in [1.54, 1.807) is 30.6 Å². The minimum atomic E-state index is -0.434. The van der Waals surface area contributed by atoms with E-state index in [4.69, 9.17) is 27.6 Å². The maximum absolute atomic E-state index is 12.5. The fraction of sp³-hybridized carbons (Fsp3) is 0.190. The Morgan fingerprint density at radius 1 is 1.13 bits per heavy atom. The van der Waals surface area contributed by atoms with E-state index in [9.17, 15) is 4.79 Å². The van der Waals surface area contributed by atoms with Gasteiger partial charge in [-0.05, 0) is 18.2 Å². The molecule has 1 aromatic carbocycles. The minimum Gasteiger partial charge on any atom is -0.422 e. The monoisotopic (exact) mass is 439 g/mol. The van der Waals surface area contributed by atoms with Crippen LogP contribution in [0.25, 0.3) is 22.4 Å². The highest BCUT2D eigenvalue weighted by atomic mass is 35.5. The van der Waals surface area contributed by atoms with Crippen LogP contribution in [0.3, 0.4) is 0 Å². The van der Waals surface area contributed by atoms with Gasteiger partial charge in [-0.1, -0.05) is 23.2 Å². The van der Waals surface area contributed by atoms with Crippen LogP contribution < -0.4 is 5.63 Å². The molecular weight excluding hydrogens is 425 g/mol. The van der Waals surface area contributed by atoms with Gasteiger partial charge in [-0.15, -0.1) is 0 Å². The topological polar surface area (TPSA) is 85.0 Å². The molecule has 5 rings (SSSR count). The van der Waals surface area contributed by atoms with Gasteiger partial charge >= 0.3 is 5.63 Å². The van der Waals surface area contributed by atoms with Gasteiger partial charge in [0.15, 0.2) is 5.82 Å². The molecule has 9 heteroatoms. The molecular formula is C21H15Cl2N5O2. The molecule has 0 atom stereocenters. The van der Waals surface area contributed by atoms with E-state index in [1.807, 2.05) is 6.20 Å². The van der Waals surface area contributed by atoms with E-state index >= 15 is 0 Å². The van der Waals surface area contributed by atoms with Crippen molar-refractivity contribution < 1.29 is 4.42 Å². The summed E-state index contributed by atoms with van der Waals surface area (Å²) in [6.45, 7) is 1.72. The lowest BCUT2D eigenvalue weighted by Gasteiger charge is -2.28. The predicted octanol–water partition coefficient (Wildman–Crippen LogP) is 3.91. The molecule has 0 N–H and O–H groups in total. The van der Waals surface area contributed by atoms with E-state index < -0.39 is 5.63 Å². The molecule has 3 aromatic heterocycles. The Kier molecular flexibility index (Phi) is 4.94. The molecule has 0 bridgehead atoms. The number of hydrogen-bond donors (Lipinski definition) is 0. The zero-order chi connectivity index (χ0) is 20.7. The third kappa shape index (κ3) is 3.56. The van der Waals surface area contributed by atoms with Crippen molar-refractivity contribution in [2.45, 2.75) is 19.5 Å². The maximum Gasteiger partial charge on any atom is 0.342 e. The van der Waals surface area contributed by atoms with Crippen LogP contribution in [0, 0.1) is 0 Å². The van der Waals surface area contributed by atoms with Crippen LogP contribution in [0.5, 0.6) is 0 Å². The Hall–Kier alpha value is -2.87. The molecule has 0 amide bonds. The van der Waals surface area contributed by atoms with E-state index in [-0.39, 0.29) is 0 Å². The fourth-order valence-corrected chi connectivity index (χ4v) is 4.05. The Morgan fingerprint density at radius 2 is 1.97 bits per heavy atom. The molecule has 1 aliphatic heterocycles. The number of aromatic nitrogens is 4. The van der Waals surface area contributed by atoms with Crippen molar-refractivity contribution in [3.63, 3.8) is 0 Å². The van der Waals surface area contributed by atoms with Gasteiger partial charge in [0.1, 0.15) is 11.9 Å². The van der Waals surface area contributed by atoms with Crippen LogP contribution >= 0.6 is 23.2 Å². The van der Waals surface area contributed by atoms with Crippen LogP contribution in [-0.4, -0.2) is 31.4 Å². The van der Waals surface area contributed by atoms with Crippen molar-refractivity contribution in [3.8, 4) is 11.4 Å². The van der Waals surface area contributed by atoms with Gasteiger partial charge in [-0.3, -0.25) is 4.90 Å². The average Bonchev–Trinajstić information content (AvgIpc) is 2.77. The van der Waals surface area contributed by atoms with Crippen LogP contribution in [0.1, 0.15) is 16.8 Å². The zero-order valence-corrected chi connectivity index (χ0v) is 17.2. The summed E-state index contributed by atoms with van der Waals surface area (Å²) in [6, 6.07) is 5.03. The van der Waals surface area contributed by atoms with Gasteiger partial charge < -0.3 is 4.42 Å². The SMILES string of the molecule is O=c1oc2ccc(Cl)cc2c(Cl)c1CN1CCc2nc(-c3cncnc3)ncc2C1. The largest absolute Gasteiger partial charge is 0.422 e. The molecule has 4 heterocycles. The summed E-state index contributed by atoms with van der Waals surface area (Å²) in [5, 5.41) is 1.55. The van der Waals surface area contributed by atoms with Crippen LogP contribution in [-0.2, 0) is 19.5 Å². The first-order valence-electron chi connectivity index (χ1n) is 9.32. The standard InChI is InChI=1S/C21H15Cl2N5O2/c22-14-1-2-18-15(5-14)19(23)16(21(29)30-18)10-28-4-3-17-13(9-28)8-26-20(27-17)12-6-24-11-25-7-12/h1-2,5-8,11H,3-4,9-10H2. The van der Waals surface area contributed by atoms with Crippen LogP contribution in [0.4, 0.5) is 0 Å². The number of rotatable bonds is 3. The highest BCUT2D eigenvalue weighted by Gasteiger charge is 2.22. The van der Waals surface area contributed by atoms with Crippen LogP contribution in [0.2, 0.25) is 10.0 Å². The van der Waals surface area contributed by atoms with Gasteiger partial charge in [0.2, 0.25) is 0 Å². The second-order valence-electron chi connectivity index (χ2n) is 7.08. The quantitative estimate of drug-likeness (QED) is 0.447. The first kappa shape index (κ1) is 19.1. The molecule has 30 heavy (non-hydrogen) atoms. The van der Waals surface area contributed by atoms with Crippen molar-refractivity contribution in [2.75, 3.05) is 6.54 Å². The Balaban J connectivity index is 1.41. The maximum atomic E-state index is 12.5. The summed E-state index contributed by atoms with van der Waals surface area (Å²) < 4.78 is 5.44. The van der Waals surface area contributed by atoms with Crippen molar-refractivity contribution in [1.82, 2.24) is 24.8 Å². The smallest absolute Gasteiger partial charge is 0.342 e. The van der Waals surface area contributed by atoms with Gasteiger partial charge in [-0.2, -0.15) is 0 Å². The van der Waals surface area contributed by atoms with E-state index in [2.05, 4.69) is 24.8 Å². The second-order valence-corrected chi connectivity index (χ2v) is 7.89. The first-order valence-corrected chi connectivity index (χ1v) is 10.1. The summed E-state index contributed by atoms with van der Waals surface area (Å²) in [7, 11) is 0. The Labute approximate surface area is 181 Å². The number of fused-ring (bicyclic) bond motifs is 2. The minimum absolute atomic E-state index is 0.372. The van der Waals surface area contributed by atoms with E-state index in [0.717, 1.165) is 29.8 Å². The molecule has 0 unspecified atom stereocenters. The lowest BCUT2D eigenvalue weighted by molar-refractivity contribution is 0.240. The molecule has 0 aliphatic carbocycles. The van der Waals surface area contributed by atoms with Crippen molar-refractivity contribution in [1.29, 1.82) is 0 Å². The van der Waals surface area contributed by atoms with E-state index in [1.165, 1.54) is 6.33 Å². The summed E-state index contributed by atoms with van der Waals surface area (Å²) >= 11 is 12.6. The number of benzene rings is 1. The normalized spacial score (nSPS) is 14.1. The summed E-state index contributed by atoms with van der Waals surface area (Å²) in [5.41, 5.74) is 3.20. The van der Waals surface area contributed by atoms with E-state index in [0.29, 0.717) is 45.5 Å². The Bertz CT molecular complexity index is 1310. The molecule has 0 spiro atoms. The third-order valence-electron chi connectivity index (χ3n) is 5.11. The van der Waals surface area contributed by atoms with Crippen LogP contribution in [0.15, 0.2) is 52.3 Å². The molecule has 4 aromatic rings. The second kappa shape index (κ2) is 7.75. The predicted molar refractivity (Wildman–Crippen MR) is 113 cm³/mol. The molecule has 1 aliphatic rings. The molecule has 0 radical (unpaired) electrons. The molecule has 7 nitrogen and oxygen atoms in total. The summed E-state index contributed by atoms with van der Waals surface area (Å²) in [4.78, 5) is 31.8. The molecule has 150 valence electrons. The number of nitrogens with zero attached hydrogens (tertiary/aromatic N) is 5. The number of hydrogen-bond acceptors (Lipinski definition) is 7. The fourth-order valence-electron chi connectivity index (χ4n) is 3.60. The van der Waals surface area contributed by atoms with Gasteiger partial charge in [0, 0.05) is 60.6 Å². The number of halogens is 2. The third-order valence-corrected chi connectivity index (χ3v) is 5.77. The molecule has 0 saturated carbocycles. The van der Waals surface area contributed by atoms with Crippen molar-refractivity contribution in [2.24, 2.45) is 0 Å². The first-order chi connectivity index (χ1) is 14.6. The van der Waals surface area contributed by atoms with Crippen molar-refractivity contribution >= 4 is 34.2 Å². The van der Waals surface area contributed by atoms with Crippen molar-refractivity contribution in [3.05, 3.63) is 80.4 Å². The molecule has 0 saturated heterocycles. The average molecular weight is 440 g/mol.